The van der Waals surface area contributed by atoms with Gasteiger partial charge in [0, 0.05) is 6.08 Å². The second kappa shape index (κ2) is 9.81. The third-order valence-electron chi connectivity index (χ3n) is 3.40. The Morgan fingerprint density at radius 3 is 2.33 bits per heavy atom. The number of rotatable bonds is 8. The lowest BCUT2D eigenvalue weighted by atomic mass is 9.87. The molecule has 0 fully saturated rings. The Kier molecular flexibility index (Phi) is 9.32. The number of ether oxygens (including phenoxy) is 1. The lowest BCUT2D eigenvalue weighted by Gasteiger charge is -2.19. The van der Waals surface area contributed by atoms with Crippen LogP contribution < -0.4 is 0 Å². The summed E-state index contributed by atoms with van der Waals surface area (Å²) in [6.45, 7) is 15.5. The number of carbonyl (C=O) groups is 1. The molecule has 0 rings (SSSR count). The van der Waals surface area contributed by atoms with Gasteiger partial charge in [0.25, 0.3) is 0 Å². The highest BCUT2D eigenvalue weighted by molar-refractivity contribution is 5.83. The van der Waals surface area contributed by atoms with Crippen LogP contribution >= 0.6 is 0 Å². The number of carbonyl (C=O) groups excluding carboxylic acids is 1. The zero-order valence-corrected chi connectivity index (χ0v) is 15.1. The van der Waals surface area contributed by atoms with E-state index in [0.717, 1.165) is 12.0 Å². The number of hydrogen-bond acceptors (Lipinski definition) is 2. The van der Waals surface area contributed by atoms with Gasteiger partial charge in [0.05, 0.1) is 6.61 Å². The molecule has 21 heavy (non-hydrogen) atoms. The molecule has 2 nitrogen and oxygen atoms in total. The Hall–Kier alpha value is -1.05. The van der Waals surface area contributed by atoms with E-state index in [1.54, 1.807) is 6.08 Å². The van der Waals surface area contributed by atoms with Crippen LogP contribution in [0.5, 0.6) is 0 Å². The van der Waals surface area contributed by atoms with Crippen LogP contribution in [0.1, 0.15) is 74.1 Å². The second-order valence-electron chi connectivity index (χ2n) is 7.39. The van der Waals surface area contributed by atoms with Crippen LogP contribution in [-0.2, 0) is 9.53 Å². The van der Waals surface area contributed by atoms with E-state index in [-0.39, 0.29) is 5.97 Å². The van der Waals surface area contributed by atoms with Gasteiger partial charge in [-0.3, -0.25) is 0 Å². The van der Waals surface area contributed by atoms with E-state index in [1.165, 1.54) is 24.8 Å². The number of hydrogen-bond donors (Lipinski definition) is 0. The minimum absolute atomic E-state index is 0.253. The molecule has 0 aliphatic carbocycles. The van der Waals surface area contributed by atoms with Crippen LogP contribution in [0.4, 0.5) is 0 Å². The molecule has 0 aromatic rings. The summed E-state index contributed by atoms with van der Waals surface area (Å²) < 4.78 is 4.92. The van der Waals surface area contributed by atoms with Gasteiger partial charge in [-0.15, -0.1) is 0 Å². The van der Waals surface area contributed by atoms with Crippen molar-refractivity contribution in [3.63, 3.8) is 0 Å². The SMILES string of the molecule is CCOC(=O)/C=C(C)/C=C(\C)CC(C)CCCC(C)(C)C. The maximum atomic E-state index is 11.4. The highest BCUT2D eigenvalue weighted by Crippen LogP contribution is 2.25. The second-order valence-corrected chi connectivity index (χ2v) is 7.39. The van der Waals surface area contributed by atoms with Gasteiger partial charge in [0.2, 0.25) is 0 Å². The molecule has 0 N–H and O–H groups in total. The predicted molar refractivity (Wildman–Crippen MR) is 91.2 cm³/mol. The largest absolute Gasteiger partial charge is 0.463 e. The Labute approximate surface area is 131 Å². The van der Waals surface area contributed by atoms with Crippen molar-refractivity contribution in [1.82, 2.24) is 0 Å². The maximum Gasteiger partial charge on any atom is 0.330 e. The molecule has 2 heteroatoms. The molecule has 1 unspecified atom stereocenters. The summed E-state index contributed by atoms with van der Waals surface area (Å²) >= 11 is 0. The Morgan fingerprint density at radius 2 is 1.81 bits per heavy atom. The summed E-state index contributed by atoms with van der Waals surface area (Å²) in [5, 5.41) is 0. The zero-order chi connectivity index (χ0) is 16.5. The molecule has 0 aliphatic heterocycles. The smallest absolute Gasteiger partial charge is 0.330 e. The Morgan fingerprint density at radius 1 is 1.19 bits per heavy atom. The van der Waals surface area contributed by atoms with Crippen molar-refractivity contribution in [2.45, 2.75) is 74.1 Å². The van der Waals surface area contributed by atoms with Crippen molar-refractivity contribution in [2.24, 2.45) is 11.3 Å². The molecular weight excluding hydrogens is 260 g/mol. The zero-order valence-electron chi connectivity index (χ0n) is 15.1. The van der Waals surface area contributed by atoms with Gasteiger partial charge in [-0.25, -0.2) is 4.79 Å². The predicted octanol–water partition coefficient (Wildman–Crippen LogP) is 5.68. The molecule has 122 valence electrons. The normalized spacial score (nSPS) is 15.0. The van der Waals surface area contributed by atoms with Crippen LogP contribution in [0.25, 0.3) is 0 Å². The van der Waals surface area contributed by atoms with E-state index in [2.05, 4.69) is 40.7 Å². The van der Waals surface area contributed by atoms with Crippen LogP contribution in [0.3, 0.4) is 0 Å². The van der Waals surface area contributed by atoms with Gasteiger partial charge >= 0.3 is 5.97 Å². The molecule has 0 heterocycles. The summed E-state index contributed by atoms with van der Waals surface area (Å²) in [7, 11) is 0. The van der Waals surface area contributed by atoms with E-state index < -0.39 is 0 Å². The van der Waals surface area contributed by atoms with Gasteiger partial charge < -0.3 is 4.74 Å². The molecule has 0 aliphatic rings. The van der Waals surface area contributed by atoms with E-state index in [1.807, 2.05) is 13.8 Å². The van der Waals surface area contributed by atoms with Gasteiger partial charge in [-0.05, 0) is 50.5 Å². The fraction of sp³-hybridized carbons (Fsp3) is 0.737. The molecule has 0 radical (unpaired) electrons. The van der Waals surface area contributed by atoms with Gasteiger partial charge in [-0.2, -0.15) is 0 Å². The van der Waals surface area contributed by atoms with Gasteiger partial charge in [0.1, 0.15) is 0 Å². The van der Waals surface area contributed by atoms with Crippen molar-refractivity contribution in [2.75, 3.05) is 6.61 Å². The molecule has 0 aromatic heterocycles. The van der Waals surface area contributed by atoms with Crippen LogP contribution in [-0.4, -0.2) is 12.6 Å². The molecule has 0 amide bonds. The van der Waals surface area contributed by atoms with Crippen molar-refractivity contribution in [1.29, 1.82) is 0 Å². The molecular formula is C19H34O2. The molecule has 0 spiro atoms. The minimum atomic E-state index is -0.253. The summed E-state index contributed by atoms with van der Waals surface area (Å²) in [5.41, 5.74) is 2.73. The first-order valence-electron chi connectivity index (χ1n) is 8.16. The fourth-order valence-corrected chi connectivity index (χ4v) is 2.49. The van der Waals surface area contributed by atoms with Gasteiger partial charge in [-0.1, -0.05) is 52.2 Å². The third-order valence-corrected chi connectivity index (χ3v) is 3.40. The van der Waals surface area contributed by atoms with Crippen molar-refractivity contribution >= 4 is 5.97 Å². The monoisotopic (exact) mass is 294 g/mol. The molecule has 0 aromatic carbocycles. The first-order chi connectivity index (χ1) is 9.64. The first kappa shape index (κ1) is 19.9. The Balaban J connectivity index is 4.24. The van der Waals surface area contributed by atoms with Crippen LogP contribution in [0, 0.1) is 11.3 Å². The standard InChI is InChI=1S/C19H34O2/c1-8-21-18(20)14-17(4)13-16(3)12-15(2)10-9-11-19(5,6)7/h13-15H,8-12H2,1-7H3/b16-13+,17-14+. The summed E-state index contributed by atoms with van der Waals surface area (Å²) in [6, 6.07) is 0. The average molecular weight is 294 g/mol. The van der Waals surface area contributed by atoms with E-state index in [0.29, 0.717) is 17.9 Å². The lowest BCUT2D eigenvalue weighted by Crippen LogP contribution is -2.06. The lowest BCUT2D eigenvalue weighted by molar-refractivity contribution is -0.137. The summed E-state index contributed by atoms with van der Waals surface area (Å²) in [6.07, 6.45) is 8.59. The highest BCUT2D eigenvalue weighted by atomic mass is 16.5. The van der Waals surface area contributed by atoms with E-state index >= 15 is 0 Å². The molecule has 0 bridgehead atoms. The molecule has 0 saturated heterocycles. The summed E-state index contributed by atoms with van der Waals surface area (Å²) in [4.78, 5) is 11.4. The fourth-order valence-electron chi connectivity index (χ4n) is 2.49. The van der Waals surface area contributed by atoms with Crippen molar-refractivity contribution in [3.8, 4) is 0 Å². The third kappa shape index (κ3) is 12.4. The maximum absolute atomic E-state index is 11.4. The van der Waals surface area contributed by atoms with Crippen molar-refractivity contribution in [3.05, 3.63) is 23.3 Å². The average Bonchev–Trinajstić information content (AvgIpc) is 2.25. The van der Waals surface area contributed by atoms with E-state index in [9.17, 15) is 4.79 Å². The quantitative estimate of drug-likeness (QED) is 0.327. The number of esters is 1. The molecule has 0 saturated carbocycles. The van der Waals surface area contributed by atoms with Gasteiger partial charge in [0.15, 0.2) is 0 Å². The first-order valence-corrected chi connectivity index (χ1v) is 8.16. The van der Waals surface area contributed by atoms with Crippen molar-refractivity contribution < 1.29 is 9.53 Å². The van der Waals surface area contributed by atoms with E-state index in [4.69, 9.17) is 4.74 Å². The molecule has 1 atom stereocenters. The minimum Gasteiger partial charge on any atom is -0.463 e. The highest BCUT2D eigenvalue weighted by Gasteiger charge is 2.11. The number of allylic oxidation sites excluding steroid dienone is 3. The summed E-state index contributed by atoms with van der Waals surface area (Å²) in [5.74, 6) is 0.441. The Bertz CT molecular complexity index is 370. The topological polar surface area (TPSA) is 26.3 Å². The van der Waals surface area contributed by atoms with Crippen LogP contribution in [0.15, 0.2) is 23.3 Å². The van der Waals surface area contributed by atoms with Crippen LogP contribution in [0.2, 0.25) is 0 Å².